The van der Waals surface area contributed by atoms with Crippen LogP contribution in [0.25, 0.3) is 0 Å². The quantitative estimate of drug-likeness (QED) is 0.894. The molecule has 4 nitrogen and oxygen atoms in total. The van der Waals surface area contributed by atoms with Gasteiger partial charge in [-0.25, -0.2) is 0 Å². The molecule has 94 valence electrons. The molecule has 0 saturated heterocycles. The lowest BCUT2D eigenvalue weighted by molar-refractivity contribution is 0.475. The SMILES string of the molecule is Cc1c(N)cn(Cc2ccc(O)cc2)c(=O)c1Br. The molecular weight excluding hydrogens is 296 g/mol. The maximum absolute atomic E-state index is 12.0. The van der Waals surface area contributed by atoms with Crippen molar-refractivity contribution in [2.75, 3.05) is 5.73 Å². The molecule has 5 heteroatoms. The van der Waals surface area contributed by atoms with Crippen LogP contribution in [0, 0.1) is 6.92 Å². The summed E-state index contributed by atoms with van der Waals surface area (Å²) in [6.45, 7) is 2.22. The Kier molecular flexibility index (Phi) is 3.43. The summed E-state index contributed by atoms with van der Waals surface area (Å²) in [5, 5.41) is 9.21. The van der Waals surface area contributed by atoms with E-state index in [1.165, 1.54) is 0 Å². The standard InChI is InChI=1S/C13H13BrN2O2/c1-8-11(15)7-16(13(18)12(8)14)6-9-2-4-10(17)5-3-9/h2-5,7,17H,6,15H2,1H3. The summed E-state index contributed by atoms with van der Waals surface area (Å²) < 4.78 is 2.03. The monoisotopic (exact) mass is 308 g/mol. The third-order valence-electron chi connectivity index (χ3n) is 2.80. The summed E-state index contributed by atoms with van der Waals surface area (Å²) in [4.78, 5) is 12.0. The summed E-state index contributed by atoms with van der Waals surface area (Å²) in [7, 11) is 0. The first-order chi connectivity index (χ1) is 8.49. The van der Waals surface area contributed by atoms with Gasteiger partial charge in [-0.2, -0.15) is 0 Å². The van der Waals surface area contributed by atoms with Crippen LogP contribution in [0.5, 0.6) is 5.75 Å². The minimum absolute atomic E-state index is 0.116. The number of aromatic hydroxyl groups is 1. The highest BCUT2D eigenvalue weighted by Crippen LogP contribution is 2.18. The van der Waals surface area contributed by atoms with Crippen LogP contribution in [0.15, 0.2) is 39.7 Å². The molecule has 0 spiro atoms. The summed E-state index contributed by atoms with van der Waals surface area (Å²) >= 11 is 3.25. The molecule has 0 aliphatic carbocycles. The molecule has 1 heterocycles. The van der Waals surface area contributed by atoms with E-state index in [1.807, 2.05) is 0 Å². The Morgan fingerprint density at radius 1 is 1.33 bits per heavy atom. The molecule has 0 fully saturated rings. The fraction of sp³-hybridized carbons (Fsp3) is 0.154. The number of nitrogens with zero attached hydrogens (tertiary/aromatic N) is 1. The Hall–Kier alpha value is -1.75. The van der Waals surface area contributed by atoms with Gasteiger partial charge in [-0.15, -0.1) is 0 Å². The smallest absolute Gasteiger partial charge is 0.265 e. The zero-order valence-corrected chi connectivity index (χ0v) is 11.4. The van der Waals surface area contributed by atoms with E-state index in [4.69, 9.17) is 5.73 Å². The number of hydrogen-bond donors (Lipinski definition) is 2. The number of phenols is 1. The second-order valence-corrected chi connectivity index (χ2v) is 4.92. The van der Waals surface area contributed by atoms with Crippen molar-refractivity contribution in [3.8, 4) is 5.75 Å². The predicted octanol–water partition coefficient (Wildman–Crippen LogP) is 2.26. The van der Waals surface area contributed by atoms with Gasteiger partial charge in [-0.05, 0) is 46.1 Å². The second-order valence-electron chi connectivity index (χ2n) is 4.12. The van der Waals surface area contributed by atoms with Gasteiger partial charge in [0.1, 0.15) is 5.75 Å². The molecule has 0 aliphatic heterocycles. The number of pyridine rings is 1. The highest BCUT2D eigenvalue weighted by Gasteiger charge is 2.08. The summed E-state index contributed by atoms with van der Waals surface area (Å²) in [5.74, 6) is 0.204. The lowest BCUT2D eigenvalue weighted by atomic mass is 10.2. The molecule has 1 aromatic carbocycles. The first kappa shape index (κ1) is 12.7. The Bertz CT molecular complexity index is 633. The molecule has 3 N–H and O–H groups in total. The van der Waals surface area contributed by atoms with Crippen LogP contribution in [-0.2, 0) is 6.54 Å². The molecule has 2 rings (SSSR count). The van der Waals surface area contributed by atoms with Gasteiger partial charge in [-0.1, -0.05) is 12.1 Å². The third kappa shape index (κ3) is 2.41. The minimum Gasteiger partial charge on any atom is -0.508 e. The molecule has 18 heavy (non-hydrogen) atoms. The van der Waals surface area contributed by atoms with Crippen LogP contribution in [-0.4, -0.2) is 9.67 Å². The van der Waals surface area contributed by atoms with Crippen LogP contribution >= 0.6 is 15.9 Å². The fourth-order valence-corrected chi connectivity index (χ4v) is 2.11. The van der Waals surface area contributed by atoms with Gasteiger partial charge in [-0.3, -0.25) is 4.79 Å². The van der Waals surface area contributed by atoms with Crippen LogP contribution < -0.4 is 11.3 Å². The van der Waals surface area contributed by atoms with E-state index in [2.05, 4.69) is 15.9 Å². The zero-order chi connectivity index (χ0) is 13.3. The maximum atomic E-state index is 12.0. The molecule has 0 unspecified atom stereocenters. The number of phenolic OH excluding ortho intramolecular Hbond substituents is 1. The minimum atomic E-state index is -0.116. The van der Waals surface area contributed by atoms with Gasteiger partial charge >= 0.3 is 0 Å². The highest BCUT2D eigenvalue weighted by atomic mass is 79.9. The summed E-state index contributed by atoms with van der Waals surface area (Å²) in [5.41, 5.74) is 7.97. The average Bonchev–Trinajstić information content (AvgIpc) is 2.36. The van der Waals surface area contributed by atoms with Crippen molar-refractivity contribution in [2.24, 2.45) is 0 Å². The molecule has 0 radical (unpaired) electrons. The number of aromatic nitrogens is 1. The van der Waals surface area contributed by atoms with Crippen molar-refractivity contribution in [2.45, 2.75) is 13.5 Å². The number of anilines is 1. The summed E-state index contributed by atoms with van der Waals surface area (Å²) in [6.07, 6.45) is 1.63. The first-order valence-electron chi connectivity index (χ1n) is 5.42. The second kappa shape index (κ2) is 4.86. The van der Waals surface area contributed by atoms with Crippen LogP contribution in [0.4, 0.5) is 5.69 Å². The Morgan fingerprint density at radius 2 is 1.94 bits per heavy atom. The van der Waals surface area contributed by atoms with Gasteiger partial charge in [0.05, 0.1) is 16.7 Å². The van der Waals surface area contributed by atoms with Gasteiger partial charge in [0.25, 0.3) is 5.56 Å². The first-order valence-corrected chi connectivity index (χ1v) is 6.21. The van der Waals surface area contributed by atoms with Gasteiger partial charge in [0.15, 0.2) is 0 Å². The van der Waals surface area contributed by atoms with Gasteiger partial charge in [0, 0.05) is 6.20 Å². The largest absolute Gasteiger partial charge is 0.508 e. The van der Waals surface area contributed by atoms with E-state index in [1.54, 1.807) is 42.0 Å². The highest BCUT2D eigenvalue weighted by molar-refractivity contribution is 9.10. The number of nitrogen functional groups attached to an aromatic ring is 1. The van der Waals surface area contributed by atoms with Crippen LogP contribution in [0.1, 0.15) is 11.1 Å². The van der Waals surface area contributed by atoms with Crippen molar-refractivity contribution < 1.29 is 5.11 Å². The van der Waals surface area contributed by atoms with Gasteiger partial charge < -0.3 is 15.4 Å². The molecule has 0 atom stereocenters. The molecule has 0 aliphatic rings. The van der Waals surface area contributed by atoms with E-state index >= 15 is 0 Å². The van der Waals surface area contributed by atoms with E-state index in [0.717, 1.165) is 11.1 Å². The third-order valence-corrected chi connectivity index (χ3v) is 3.73. The topological polar surface area (TPSA) is 68.2 Å². The lowest BCUT2D eigenvalue weighted by Crippen LogP contribution is -2.22. The van der Waals surface area contributed by atoms with E-state index in [0.29, 0.717) is 16.7 Å². The van der Waals surface area contributed by atoms with E-state index in [-0.39, 0.29) is 11.3 Å². The van der Waals surface area contributed by atoms with Crippen molar-refractivity contribution in [3.63, 3.8) is 0 Å². The van der Waals surface area contributed by atoms with Crippen LogP contribution in [0.2, 0.25) is 0 Å². The molecule has 1 aromatic heterocycles. The molecule has 0 amide bonds. The van der Waals surface area contributed by atoms with Crippen LogP contribution in [0.3, 0.4) is 0 Å². The lowest BCUT2D eigenvalue weighted by Gasteiger charge is -2.10. The summed E-state index contributed by atoms with van der Waals surface area (Å²) in [6, 6.07) is 6.72. The van der Waals surface area contributed by atoms with Crippen molar-refractivity contribution >= 4 is 21.6 Å². The molecular formula is C13H13BrN2O2. The normalized spacial score (nSPS) is 10.6. The van der Waals surface area contributed by atoms with E-state index < -0.39 is 0 Å². The molecule has 2 aromatic rings. The average molecular weight is 309 g/mol. The Balaban J connectivity index is 2.41. The zero-order valence-electron chi connectivity index (χ0n) is 9.85. The maximum Gasteiger partial charge on any atom is 0.265 e. The Labute approximate surface area is 113 Å². The Morgan fingerprint density at radius 3 is 2.56 bits per heavy atom. The number of hydrogen-bond acceptors (Lipinski definition) is 3. The van der Waals surface area contributed by atoms with E-state index in [9.17, 15) is 9.90 Å². The number of nitrogens with two attached hydrogens (primary N) is 1. The number of halogens is 1. The van der Waals surface area contributed by atoms with Crippen molar-refractivity contribution in [3.05, 3.63) is 56.4 Å². The molecule has 0 bridgehead atoms. The number of benzene rings is 1. The van der Waals surface area contributed by atoms with Crippen molar-refractivity contribution in [1.82, 2.24) is 4.57 Å². The fourth-order valence-electron chi connectivity index (χ4n) is 1.65. The number of rotatable bonds is 2. The predicted molar refractivity (Wildman–Crippen MR) is 74.8 cm³/mol. The van der Waals surface area contributed by atoms with Crippen molar-refractivity contribution in [1.29, 1.82) is 0 Å². The molecule has 0 saturated carbocycles. The van der Waals surface area contributed by atoms with Gasteiger partial charge in [0.2, 0.25) is 0 Å².